The van der Waals surface area contributed by atoms with Gasteiger partial charge in [-0.1, -0.05) is 46.1 Å². The lowest BCUT2D eigenvalue weighted by Crippen LogP contribution is -2.67. The lowest BCUT2D eigenvalue weighted by molar-refractivity contribution is -0.148. The van der Waals surface area contributed by atoms with Crippen LogP contribution in [0.15, 0.2) is 25.3 Å². The molecule has 0 spiro atoms. The highest BCUT2D eigenvalue weighted by atomic mass is 28.4. The van der Waals surface area contributed by atoms with Gasteiger partial charge < -0.3 is 24.1 Å². The first kappa shape index (κ1) is 31.6. The minimum absolute atomic E-state index is 0.0224. The summed E-state index contributed by atoms with van der Waals surface area (Å²) in [6.07, 6.45) is 2.50. The van der Waals surface area contributed by atoms with Crippen molar-refractivity contribution in [1.29, 1.82) is 0 Å². The summed E-state index contributed by atoms with van der Waals surface area (Å²) in [5, 5.41) is 2.84. The lowest BCUT2D eigenvalue weighted by atomic mass is 9.74. The topological polar surface area (TPSA) is 111 Å². The number of nitrogens with one attached hydrogen (secondary N) is 1. The molecule has 0 aromatic heterocycles. The summed E-state index contributed by atoms with van der Waals surface area (Å²) in [7, 11) is -0.544. The van der Waals surface area contributed by atoms with Crippen LogP contribution in [0.1, 0.15) is 47.0 Å². The third-order valence-electron chi connectivity index (χ3n) is 6.96. The highest BCUT2D eigenvalue weighted by Crippen LogP contribution is 2.40. The van der Waals surface area contributed by atoms with Gasteiger partial charge in [0.15, 0.2) is 8.32 Å². The summed E-state index contributed by atoms with van der Waals surface area (Å²) in [6.45, 7) is 20.0. The van der Waals surface area contributed by atoms with Gasteiger partial charge in [0.2, 0.25) is 5.91 Å². The molecule has 36 heavy (non-hydrogen) atoms. The van der Waals surface area contributed by atoms with Crippen molar-refractivity contribution >= 4 is 32.1 Å². The third-order valence-corrected chi connectivity index (χ3v) is 11.5. The Bertz CT molecular complexity index is 822. The molecule has 0 aliphatic carbocycles. The third kappa shape index (κ3) is 8.88. The van der Waals surface area contributed by atoms with E-state index in [0.29, 0.717) is 19.4 Å². The van der Waals surface area contributed by atoms with Crippen molar-refractivity contribution in [2.24, 2.45) is 11.8 Å². The first-order valence-corrected chi connectivity index (χ1v) is 15.3. The Kier molecular flexibility index (Phi) is 12.0. The number of carbonyl (C=O) groups is 4. The van der Waals surface area contributed by atoms with Gasteiger partial charge in [-0.15, -0.1) is 0 Å². The number of Topliss-reactive ketones (excluding diaryl/α,β-unsaturated/α-hetero) is 1. The Balaban J connectivity index is 2.99. The van der Waals surface area contributed by atoms with Crippen LogP contribution >= 0.6 is 0 Å². The molecule has 0 unspecified atom stereocenters. The molecule has 4 atom stereocenters. The Morgan fingerprint density at radius 2 is 1.72 bits per heavy atom. The van der Waals surface area contributed by atoms with Crippen molar-refractivity contribution in [3.05, 3.63) is 25.3 Å². The number of ether oxygens (including phenoxy) is 2. The van der Waals surface area contributed by atoms with E-state index in [2.05, 4.69) is 52.3 Å². The zero-order valence-electron chi connectivity index (χ0n) is 22.9. The first-order chi connectivity index (χ1) is 16.7. The standard InChI is InChI=1S/C26H44N2O7Si/c1-10-15-33-21(30)17-20(29)19(13-12-14-28(7)25(32)34-16-11-2)23-22(24(31)27-23)18(3)35-36(8,9)26(4,5)6/h10-11,18-19,22-23H,1-2,12-17H2,3-9H3,(H,27,31)/t18-,19+,22-,23-/m1/s1. The minimum atomic E-state index is -2.15. The summed E-state index contributed by atoms with van der Waals surface area (Å²) >= 11 is 0. The van der Waals surface area contributed by atoms with Crippen molar-refractivity contribution in [1.82, 2.24) is 10.2 Å². The number of hydrogen-bond acceptors (Lipinski definition) is 7. The summed E-state index contributed by atoms with van der Waals surface area (Å²) in [6, 6.07) is -0.463. The number of esters is 1. The fourth-order valence-electron chi connectivity index (χ4n) is 3.89. The Hall–Kier alpha value is -2.46. The quantitative estimate of drug-likeness (QED) is 0.114. The predicted molar refractivity (Wildman–Crippen MR) is 141 cm³/mol. The second kappa shape index (κ2) is 13.7. The average molecular weight is 525 g/mol. The SMILES string of the molecule is C=CCOC(=O)CC(=O)[C@H](CCCN(C)C(=O)OCC=C)[C@H]1NC(=O)[C@@H]1[C@@H](C)O[Si](C)(C)C(C)(C)C. The van der Waals surface area contributed by atoms with Crippen LogP contribution in [0.3, 0.4) is 0 Å². The van der Waals surface area contributed by atoms with Crippen LogP contribution < -0.4 is 5.32 Å². The molecule has 0 aromatic rings. The number of carbonyl (C=O) groups excluding carboxylic acids is 4. The molecule has 1 aliphatic heterocycles. The molecule has 9 nitrogen and oxygen atoms in total. The Morgan fingerprint density at radius 1 is 1.14 bits per heavy atom. The van der Waals surface area contributed by atoms with E-state index in [0.717, 1.165) is 0 Å². The molecule has 10 heteroatoms. The molecular formula is C26H44N2O7Si. The molecular weight excluding hydrogens is 480 g/mol. The van der Waals surface area contributed by atoms with Gasteiger partial charge in [-0.2, -0.15) is 0 Å². The molecule has 204 valence electrons. The van der Waals surface area contributed by atoms with Crippen LogP contribution in [-0.2, 0) is 28.3 Å². The van der Waals surface area contributed by atoms with Crippen LogP contribution in [0.5, 0.6) is 0 Å². The van der Waals surface area contributed by atoms with Gasteiger partial charge in [0.25, 0.3) is 0 Å². The second-order valence-corrected chi connectivity index (χ2v) is 15.6. The van der Waals surface area contributed by atoms with E-state index in [4.69, 9.17) is 13.9 Å². The smallest absolute Gasteiger partial charge is 0.409 e. The van der Waals surface area contributed by atoms with E-state index < -0.39 is 44.7 Å². The largest absolute Gasteiger partial charge is 0.461 e. The molecule has 1 rings (SSSR count). The maximum absolute atomic E-state index is 13.2. The van der Waals surface area contributed by atoms with Gasteiger partial charge in [0.05, 0.1) is 18.1 Å². The molecule has 0 bridgehead atoms. The molecule has 0 saturated carbocycles. The van der Waals surface area contributed by atoms with Gasteiger partial charge in [0.1, 0.15) is 25.4 Å². The number of β-lactam (4-membered cyclic amide) rings is 1. The molecule has 1 N–H and O–H groups in total. The second-order valence-electron chi connectivity index (χ2n) is 10.8. The van der Waals surface area contributed by atoms with Crippen LogP contribution in [0.25, 0.3) is 0 Å². The minimum Gasteiger partial charge on any atom is -0.461 e. The summed E-state index contributed by atoms with van der Waals surface area (Å²) < 4.78 is 16.5. The summed E-state index contributed by atoms with van der Waals surface area (Å²) in [5.74, 6) is -2.23. The number of hydrogen-bond donors (Lipinski definition) is 1. The lowest BCUT2D eigenvalue weighted by Gasteiger charge is -2.47. The van der Waals surface area contributed by atoms with Crippen molar-refractivity contribution in [2.45, 2.75) is 77.2 Å². The van der Waals surface area contributed by atoms with Gasteiger partial charge >= 0.3 is 12.1 Å². The maximum atomic E-state index is 13.2. The average Bonchev–Trinajstić information content (AvgIpc) is 2.75. The zero-order chi connectivity index (χ0) is 27.7. The monoisotopic (exact) mass is 524 g/mol. The van der Waals surface area contributed by atoms with Crippen LogP contribution in [0, 0.1) is 11.8 Å². The highest BCUT2D eigenvalue weighted by molar-refractivity contribution is 6.74. The van der Waals surface area contributed by atoms with E-state index in [-0.39, 0.29) is 36.0 Å². The summed E-state index contributed by atoms with van der Waals surface area (Å²) in [5.41, 5.74) is 0. The van der Waals surface area contributed by atoms with E-state index >= 15 is 0 Å². The van der Waals surface area contributed by atoms with Crippen molar-refractivity contribution < 1.29 is 33.1 Å². The molecule has 0 aromatic carbocycles. The van der Waals surface area contributed by atoms with E-state index in [1.807, 2.05) is 6.92 Å². The number of nitrogens with zero attached hydrogens (tertiary/aromatic N) is 1. The Labute approximate surface area is 216 Å². The fourth-order valence-corrected chi connectivity index (χ4v) is 5.31. The summed E-state index contributed by atoms with van der Waals surface area (Å²) in [4.78, 5) is 51.4. The predicted octanol–water partition coefficient (Wildman–Crippen LogP) is 3.85. The number of rotatable bonds is 15. The van der Waals surface area contributed by atoms with Gasteiger partial charge in [-0.05, 0) is 37.9 Å². The van der Waals surface area contributed by atoms with E-state index in [1.165, 1.54) is 17.1 Å². The molecule has 1 saturated heterocycles. The number of amides is 2. The fraction of sp³-hybridized carbons (Fsp3) is 0.692. The van der Waals surface area contributed by atoms with Gasteiger partial charge in [0, 0.05) is 19.5 Å². The normalized spacial score (nSPS) is 19.2. The zero-order valence-corrected chi connectivity index (χ0v) is 23.9. The maximum Gasteiger partial charge on any atom is 0.409 e. The molecule has 0 radical (unpaired) electrons. The van der Waals surface area contributed by atoms with E-state index in [1.54, 1.807) is 7.05 Å². The molecule has 1 fully saturated rings. The molecule has 1 aliphatic rings. The van der Waals surface area contributed by atoms with Crippen molar-refractivity contribution in [3.63, 3.8) is 0 Å². The number of ketones is 1. The van der Waals surface area contributed by atoms with Crippen LogP contribution in [0.2, 0.25) is 18.1 Å². The van der Waals surface area contributed by atoms with Crippen molar-refractivity contribution in [2.75, 3.05) is 26.8 Å². The Morgan fingerprint density at radius 3 is 2.25 bits per heavy atom. The van der Waals surface area contributed by atoms with E-state index in [9.17, 15) is 19.2 Å². The van der Waals surface area contributed by atoms with Gasteiger partial charge in [-0.25, -0.2) is 4.79 Å². The van der Waals surface area contributed by atoms with Gasteiger partial charge in [-0.3, -0.25) is 14.4 Å². The molecule has 2 amide bonds. The van der Waals surface area contributed by atoms with Crippen molar-refractivity contribution in [3.8, 4) is 0 Å². The van der Waals surface area contributed by atoms with Crippen LogP contribution in [-0.4, -0.2) is 75.9 Å². The first-order valence-electron chi connectivity index (χ1n) is 12.4. The molecule has 1 heterocycles. The highest BCUT2D eigenvalue weighted by Gasteiger charge is 2.51. The van der Waals surface area contributed by atoms with Crippen LogP contribution in [0.4, 0.5) is 4.79 Å².